The number of ether oxygens (including phenoxy) is 3. The van der Waals surface area contributed by atoms with Crippen LogP contribution >= 0.6 is 0 Å². The lowest BCUT2D eigenvalue weighted by Crippen LogP contribution is -2.52. The van der Waals surface area contributed by atoms with Crippen molar-refractivity contribution >= 4 is 29.7 Å². The minimum atomic E-state index is -0.460. The Balaban J connectivity index is 1.09. The molecule has 1 aliphatic heterocycles. The molecule has 0 spiro atoms. The first-order valence-electron chi connectivity index (χ1n) is 16.9. The minimum Gasteiger partial charge on any atom is -0.493 e. The van der Waals surface area contributed by atoms with Crippen LogP contribution in [0.1, 0.15) is 45.1 Å². The van der Waals surface area contributed by atoms with Crippen molar-refractivity contribution in [3.63, 3.8) is 0 Å². The summed E-state index contributed by atoms with van der Waals surface area (Å²) in [5, 5.41) is 3.18. The van der Waals surface area contributed by atoms with Gasteiger partial charge in [0.05, 0.1) is 14.2 Å². The highest BCUT2D eigenvalue weighted by Crippen LogP contribution is 2.33. The number of benzene rings is 4. The summed E-state index contributed by atoms with van der Waals surface area (Å²) in [7, 11) is 4.83. The van der Waals surface area contributed by atoms with E-state index < -0.39 is 17.1 Å². The molecule has 2 N–H and O–H groups in total. The Hall–Kier alpha value is -6.20. The number of rotatable bonds is 10. The van der Waals surface area contributed by atoms with Gasteiger partial charge in [-0.15, -0.1) is 0 Å². The number of hydrogen-bond acceptors (Lipinski definition) is 8. The number of hydrogen-bond donors (Lipinski definition) is 2. The Morgan fingerprint density at radius 2 is 1.58 bits per heavy atom. The van der Waals surface area contributed by atoms with E-state index in [0.717, 1.165) is 44.0 Å². The second-order valence-corrected chi connectivity index (χ2v) is 12.6. The predicted molar refractivity (Wildman–Crippen MR) is 200 cm³/mol. The number of methoxy groups -OCH3 is 2. The molecule has 1 aromatic heterocycles. The molecule has 6 rings (SSSR count). The maximum absolute atomic E-state index is 13.2. The van der Waals surface area contributed by atoms with E-state index in [1.165, 1.54) is 35.2 Å². The first-order chi connectivity index (χ1) is 25.1. The van der Waals surface area contributed by atoms with Gasteiger partial charge in [-0.05, 0) is 101 Å². The normalized spacial score (nSPS) is 13.4. The van der Waals surface area contributed by atoms with Crippen molar-refractivity contribution in [3.8, 4) is 17.2 Å². The molecule has 0 bridgehead atoms. The first kappa shape index (κ1) is 35.6. The van der Waals surface area contributed by atoms with Crippen LogP contribution in [0.4, 0.5) is 5.69 Å². The molecule has 4 aromatic carbocycles. The van der Waals surface area contributed by atoms with Gasteiger partial charge in [-0.3, -0.25) is 24.1 Å². The first-order valence-corrected chi connectivity index (χ1v) is 16.9. The number of carbonyl (C=O) groups excluding carboxylic acids is 2. The number of amides is 1. The molecular formula is C41H40N4O7. The summed E-state index contributed by atoms with van der Waals surface area (Å²) in [4.78, 5) is 55.7. The van der Waals surface area contributed by atoms with Crippen molar-refractivity contribution in [2.75, 3.05) is 32.6 Å². The SMILES string of the molecule is COc1cc2c(cc1OC)CN(CCc1ccc(NC(=O)c3cccc(C=c4[nH]c(=O)c(=Cc5ccc(OC(C)=O)cc5)n(C)c4=O)c3)cc1)CC2. The Morgan fingerprint density at radius 1 is 0.865 bits per heavy atom. The zero-order valence-corrected chi connectivity index (χ0v) is 29.5. The zero-order valence-electron chi connectivity index (χ0n) is 29.5. The molecule has 52 heavy (non-hydrogen) atoms. The third-order valence-electron chi connectivity index (χ3n) is 9.01. The topological polar surface area (TPSA) is 132 Å². The molecule has 11 nitrogen and oxygen atoms in total. The lowest BCUT2D eigenvalue weighted by Gasteiger charge is -2.29. The lowest BCUT2D eigenvalue weighted by molar-refractivity contribution is -0.131. The molecular weight excluding hydrogens is 660 g/mol. The molecule has 1 aliphatic rings. The number of aromatic amines is 1. The summed E-state index contributed by atoms with van der Waals surface area (Å²) in [6.45, 7) is 4.04. The van der Waals surface area contributed by atoms with Gasteiger partial charge in [0.15, 0.2) is 11.5 Å². The molecule has 0 unspecified atom stereocenters. The number of H-pyrrole nitrogens is 1. The third-order valence-corrected chi connectivity index (χ3v) is 9.01. The molecule has 11 heteroatoms. The van der Waals surface area contributed by atoms with E-state index in [-0.39, 0.29) is 16.6 Å². The molecule has 0 aliphatic carbocycles. The van der Waals surface area contributed by atoms with Gasteiger partial charge < -0.3 is 29.1 Å². The molecule has 5 aromatic rings. The summed E-state index contributed by atoms with van der Waals surface area (Å²) in [5.74, 6) is 1.15. The van der Waals surface area contributed by atoms with Crippen molar-refractivity contribution in [2.24, 2.45) is 7.05 Å². The molecule has 1 amide bonds. The maximum Gasteiger partial charge on any atom is 0.308 e. The van der Waals surface area contributed by atoms with Crippen LogP contribution in [0.3, 0.4) is 0 Å². The van der Waals surface area contributed by atoms with Crippen molar-refractivity contribution in [1.82, 2.24) is 14.5 Å². The predicted octanol–water partition coefficient (Wildman–Crippen LogP) is 3.53. The standard InChI is InChI=1S/C41H40N4O7/c1-26(46)52-34-14-10-28(11-15-34)22-36-40(48)43-35(41(49)44(36)2)21-29-6-5-7-31(20-29)39(47)42-33-12-8-27(9-13-33)16-18-45-19-17-30-23-37(50-3)38(51-4)24-32(30)25-45/h5-15,20-24H,16-19,25H2,1-4H3,(H,42,47)(H,43,48). The van der Waals surface area contributed by atoms with Crippen LogP contribution in [-0.4, -0.2) is 53.6 Å². The van der Waals surface area contributed by atoms with Crippen molar-refractivity contribution in [1.29, 1.82) is 0 Å². The molecule has 0 saturated heterocycles. The number of nitrogens with zero attached hydrogens (tertiary/aromatic N) is 2. The van der Waals surface area contributed by atoms with Crippen LogP contribution in [0.5, 0.6) is 17.2 Å². The Morgan fingerprint density at radius 3 is 2.27 bits per heavy atom. The number of anilines is 1. The van der Waals surface area contributed by atoms with Crippen molar-refractivity contribution < 1.29 is 23.8 Å². The third kappa shape index (κ3) is 8.39. The highest BCUT2D eigenvalue weighted by atomic mass is 16.5. The lowest BCUT2D eigenvalue weighted by atomic mass is 9.98. The van der Waals surface area contributed by atoms with E-state index >= 15 is 0 Å². The highest BCUT2D eigenvalue weighted by molar-refractivity contribution is 6.04. The maximum atomic E-state index is 13.2. The summed E-state index contributed by atoms with van der Waals surface area (Å²) in [6, 6.07) is 25.4. The molecule has 0 fully saturated rings. The zero-order chi connectivity index (χ0) is 36.8. The Kier molecular flexibility index (Phi) is 10.8. The molecule has 266 valence electrons. The molecule has 0 saturated carbocycles. The van der Waals surface area contributed by atoms with Crippen LogP contribution in [0.15, 0.2) is 94.5 Å². The van der Waals surface area contributed by atoms with Crippen LogP contribution in [0, 0.1) is 0 Å². The number of aromatic nitrogens is 2. The summed E-state index contributed by atoms with van der Waals surface area (Å²) >= 11 is 0. The summed E-state index contributed by atoms with van der Waals surface area (Å²) in [6.07, 6.45) is 4.95. The monoisotopic (exact) mass is 700 g/mol. The number of fused-ring (bicyclic) bond motifs is 1. The number of esters is 1. The van der Waals surface area contributed by atoms with E-state index in [1.54, 1.807) is 74.9 Å². The van der Waals surface area contributed by atoms with Gasteiger partial charge in [-0.25, -0.2) is 0 Å². The second-order valence-electron chi connectivity index (χ2n) is 12.6. The van der Waals surface area contributed by atoms with E-state index in [4.69, 9.17) is 14.2 Å². The second kappa shape index (κ2) is 15.8. The van der Waals surface area contributed by atoms with Crippen molar-refractivity contribution in [2.45, 2.75) is 26.3 Å². The van der Waals surface area contributed by atoms with Gasteiger partial charge in [-0.2, -0.15) is 0 Å². The molecule has 0 radical (unpaired) electrons. The van der Waals surface area contributed by atoms with Crippen LogP contribution in [-0.2, 0) is 31.2 Å². The largest absolute Gasteiger partial charge is 0.493 e. The number of nitrogens with one attached hydrogen (secondary N) is 2. The van der Waals surface area contributed by atoms with Gasteiger partial charge in [0.1, 0.15) is 16.4 Å². The van der Waals surface area contributed by atoms with Gasteiger partial charge >= 0.3 is 5.97 Å². The fraction of sp³-hybridized carbons (Fsp3) is 0.220. The van der Waals surface area contributed by atoms with Crippen molar-refractivity contribution in [3.05, 3.63) is 150 Å². The van der Waals surface area contributed by atoms with Gasteiger partial charge in [0, 0.05) is 44.9 Å². The van der Waals surface area contributed by atoms with Crippen LogP contribution in [0.2, 0.25) is 0 Å². The van der Waals surface area contributed by atoms with E-state index in [1.807, 2.05) is 24.3 Å². The van der Waals surface area contributed by atoms with Gasteiger partial charge in [0.25, 0.3) is 17.0 Å². The Labute approximate surface area is 300 Å². The fourth-order valence-corrected chi connectivity index (χ4v) is 6.21. The number of carbonyl (C=O) groups is 2. The molecule has 2 heterocycles. The summed E-state index contributed by atoms with van der Waals surface area (Å²) in [5.41, 5.74) is 5.14. The fourth-order valence-electron chi connectivity index (χ4n) is 6.21. The average Bonchev–Trinajstić information content (AvgIpc) is 3.15. The minimum absolute atomic E-state index is 0.0803. The summed E-state index contributed by atoms with van der Waals surface area (Å²) < 4.78 is 17.3. The average molecular weight is 701 g/mol. The smallest absolute Gasteiger partial charge is 0.308 e. The van der Waals surface area contributed by atoms with Gasteiger partial charge in [0.2, 0.25) is 0 Å². The van der Waals surface area contributed by atoms with E-state index in [9.17, 15) is 19.2 Å². The van der Waals surface area contributed by atoms with E-state index in [0.29, 0.717) is 28.1 Å². The molecule has 0 atom stereocenters. The highest BCUT2D eigenvalue weighted by Gasteiger charge is 2.19. The van der Waals surface area contributed by atoms with E-state index in [2.05, 4.69) is 27.3 Å². The van der Waals surface area contributed by atoms with Crippen LogP contribution in [0.25, 0.3) is 12.2 Å². The van der Waals surface area contributed by atoms with Crippen LogP contribution < -0.4 is 41.3 Å². The Bertz CT molecular complexity index is 2360. The van der Waals surface area contributed by atoms with Gasteiger partial charge in [-0.1, -0.05) is 36.4 Å². The quantitative estimate of drug-likeness (QED) is 0.167.